The number of anilines is 2. The Kier molecular flexibility index (Phi) is 6.72. The molecule has 1 fully saturated rings. The van der Waals surface area contributed by atoms with E-state index >= 15 is 0 Å². The van der Waals surface area contributed by atoms with Crippen molar-refractivity contribution in [2.45, 2.75) is 20.3 Å². The van der Waals surface area contributed by atoms with Crippen LogP contribution in [0.2, 0.25) is 0 Å². The van der Waals surface area contributed by atoms with Crippen LogP contribution in [-0.2, 0) is 19.1 Å². The SMILES string of the molecule is COc1cc([N+](=O)[O-])ccc1N1C[C@H](C(=O)OCC(=O)Nc2ccc(C)c(C)c2)CC1=O. The molecule has 0 aromatic heterocycles. The highest BCUT2D eigenvalue weighted by atomic mass is 16.6. The molecular formula is C22H23N3O7. The van der Waals surface area contributed by atoms with Gasteiger partial charge in [0.2, 0.25) is 5.91 Å². The Morgan fingerprint density at radius 3 is 2.59 bits per heavy atom. The van der Waals surface area contributed by atoms with Crippen molar-refractivity contribution in [2.24, 2.45) is 5.92 Å². The number of nitro groups is 1. The fraction of sp³-hybridized carbons (Fsp3) is 0.318. The van der Waals surface area contributed by atoms with Crippen molar-refractivity contribution in [3.05, 3.63) is 57.6 Å². The van der Waals surface area contributed by atoms with Gasteiger partial charge >= 0.3 is 5.97 Å². The topological polar surface area (TPSA) is 128 Å². The lowest BCUT2D eigenvalue weighted by molar-refractivity contribution is -0.384. The minimum absolute atomic E-state index is 0.0185. The van der Waals surface area contributed by atoms with E-state index in [9.17, 15) is 24.5 Å². The Labute approximate surface area is 184 Å². The molecule has 0 unspecified atom stereocenters. The molecule has 0 aliphatic carbocycles. The number of nitro benzene ring substituents is 1. The minimum atomic E-state index is -0.767. The maximum Gasteiger partial charge on any atom is 0.311 e. The number of carbonyl (C=O) groups is 3. The van der Waals surface area contributed by atoms with Gasteiger partial charge in [-0.05, 0) is 43.2 Å². The standard InChI is InChI=1S/C22H23N3O7/c1-13-4-5-16(8-14(13)2)23-20(26)12-32-22(28)15-9-21(27)24(11-15)18-7-6-17(25(29)30)10-19(18)31-3/h4-8,10,15H,9,11-12H2,1-3H3,(H,23,26)/t15-/m1/s1. The Balaban J connectivity index is 1.59. The monoisotopic (exact) mass is 441 g/mol. The van der Waals surface area contributed by atoms with Crippen molar-refractivity contribution in [1.29, 1.82) is 0 Å². The largest absolute Gasteiger partial charge is 0.494 e. The second-order valence-electron chi connectivity index (χ2n) is 7.47. The lowest BCUT2D eigenvalue weighted by Crippen LogP contribution is -2.28. The zero-order chi connectivity index (χ0) is 23.4. The summed E-state index contributed by atoms with van der Waals surface area (Å²) < 4.78 is 10.3. The van der Waals surface area contributed by atoms with Crippen molar-refractivity contribution < 1.29 is 28.8 Å². The van der Waals surface area contributed by atoms with Gasteiger partial charge in [0, 0.05) is 24.7 Å². The normalized spacial score (nSPS) is 15.4. The number of nitrogens with one attached hydrogen (secondary N) is 1. The van der Waals surface area contributed by atoms with Crippen LogP contribution >= 0.6 is 0 Å². The maximum absolute atomic E-state index is 12.5. The third-order valence-corrected chi connectivity index (χ3v) is 5.26. The molecular weight excluding hydrogens is 418 g/mol. The molecule has 1 heterocycles. The van der Waals surface area contributed by atoms with Gasteiger partial charge in [-0.3, -0.25) is 24.5 Å². The number of carbonyl (C=O) groups excluding carboxylic acids is 3. The van der Waals surface area contributed by atoms with Gasteiger partial charge in [-0.15, -0.1) is 0 Å². The highest BCUT2D eigenvalue weighted by Gasteiger charge is 2.37. The van der Waals surface area contributed by atoms with Crippen molar-refractivity contribution in [2.75, 3.05) is 30.5 Å². The minimum Gasteiger partial charge on any atom is -0.494 e. The number of nitrogens with zero attached hydrogens (tertiary/aromatic N) is 2. The van der Waals surface area contributed by atoms with Crippen LogP contribution < -0.4 is 15.0 Å². The van der Waals surface area contributed by atoms with Crippen molar-refractivity contribution >= 4 is 34.8 Å². The summed E-state index contributed by atoms with van der Waals surface area (Å²) in [7, 11) is 1.34. The third kappa shape index (κ3) is 5.02. The molecule has 1 aliphatic heterocycles. The van der Waals surface area contributed by atoms with Crippen LogP contribution in [0.4, 0.5) is 17.1 Å². The fourth-order valence-corrected chi connectivity index (χ4v) is 3.37. The zero-order valence-electron chi connectivity index (χ0n) is 17.9. The van der Waals surface area contributed by atoms with E-state index in [4.69, 9.17) is 9.47 Å². The molecule has 1 N–H and O–H groups in total. The van der Waals surface area contributed by atoms with Crippen molar-refractivity contribution in [3.63, 3.8) is 0 Å². The van der Waals surface area contributed by atoms with E-state index in [1.165, 1.54) is 30.2 Å². The second-order valence-corrected chi connectivity index (χ2v) is 7.47. The highest BCUT2D eigenvalue weighted by Crippen LogP contribution is 2.36. The molecule has 1 saturated heterocycles. The van der Waals surface area contributed by atoms with E-state index in [2.05, 4.69) is 5.32 Å². The first-order valence-corrected chi connectivity index (χ1v) is 9.86. The van der Waals surface area contributed by atoms with Gasteiger partial charge in [0.05, 0.1) is 29.7 Å². The molecule has 10 nitrogen and oxygen atoms in total. The summed E-state index contributed by atoms with van der Waals surface area (Å²) >= 11 is 0. The van der Waals surface area contributed by atoms with Gasteiger partial charge in [-0.1, -0.05) is 6.07 Å². The first kappa shape index (κ1) is 22.7. The lowest BCUT2D eigenvalue weighted by atomic mass is 10.1. The second kappa shape index (κ2) is 9.46. The van der Waals surface area contributed by atoms with Gasteiger partial charge in [0.15, 0.2) is 6.61 Å². The summed E-state index contributed by atoms with van der Waals surface area (Å²) in [6.07, 6.45) is -0.0995. The Hall–Kier alpha value is -3.95. The number of amides is 2. The van der Waals surface area contributed by atoms with Crippen LogP contribution in [0.3, 0.4) is 0 Å². The molecule has 168 valence electrons. The zero-order valence-corrected chi connectivity index (χ0v) is 17.9. The molecule has 10 heteroatoms. The lowest BCUT2D eigenvalue weighted by Gasteiger charge is -2.19. The van der Waals surface area contributed by atoms with E-state index in [-0.39, 0.29) is 30.3 Å². The smallest absolute Gasteiger partial charge is 0.311 e. The predicted molar refractivity (Wildman–Crippen MR) is 116 cm³/mol. The summed E-state index contributed by atoms with van der Waals surface area (Å²) in [5.74, 6) is -2.12. The molecule has 2 aromatic rings. The molecule has 1 atom stereocenters. The summed E-state index contributed by atoms with van der Waals surface area (Å²) in [5.41, 5.74) is 2.86. The third-order valence-electron chi connectivity index (χ3n) is 5.26. The average Bonchev–Trinajstić information content (AvgIpc) is 3.15. The molecule has 32 heavy (non-hydrogen) atoms. The molecule has 2 aromatic carbocycles. The first-order chi connectivity index (χ1) is 15.2. The number of benzene rings is 2. The Morgan fingerprint density at radius 1 is 1.19 bits per heavy atom. The Morgan fingerprint density at radius 2 is 1.94 bits per heavy atom. The number of methoxy groups -OCH3 is 1. The number of rotatable bonds is 7. The number of hydrogen-bond donors (Lipinski definition) is 1. The van der Waals surface area contributed by atoms with E-state index in [1.54, 1.807) is 6.07 Å². The quantitative estimate of drug-likeness (QED) is 0.397. The van der Waals surface area contributed by atoms with Crippen LogP contribution in [0, 0.1) is 29.9 Å². The molecule has 0 bridgehead atoms. The molecule has 2 amide bonds. The average molecular weight is 441 g/mol. The van der Waals surface area contributed by atoms with Gasteiger partial charge in [-0.25, -0.2) is 0 Å². The number of aryl methyl sites for hydroxylation is 2. The predicted octanol–water partition coefficient (Wildman–Crippen LogP) is 2.76. The van der Waals surface area contributed by atoms with Crippen LogP contribution in [0.25, 0.3) is 0 Å². The summed E-state index contributed by atoms with van der Waals surface area (Å²) in [4.78, 5) is 48.7. The van der Waals surface area contributed by atoms with E-state index in [1.807, 2.05) is 26.0 Å². The molecule has 3 rings (SSSR count). The van der Waals surface area contributed by atoms with Crippen molar-refractivity contribution in [3.8, 4) is 5.75 Å². The number of ether oxygens (including phenoxy) is 2. The van der Waals surface area contributed by atoms with Crippen LogP contribution in [0.15, 0.2) is 36.4 Å². The Bertz CT molecular complexity index is 1080. The van der Waals surface area contributed by atoms with Crippen LogP contribution in [0.5, 0.6) is 5.75 Å². The first-order valence-electron chi connectivity index (χ1n) is 9.86. The molecule has 0 spiro atoms. The van der Waals surface area contributed by atoms with E-state index in [0.717, 1.165) is 11.1 Å². The summed E-state index contributed by atoms with van der Waals surface area (Å²) in [6.45, 7) is 3.43. The van der Waals surface area contributed by atoms with Gasteiger partial charge < -0.3 is 19.7 Å². The van der Waals surface area contributed by atoms with Crippen LogP contribution in [0.1, 0.15) is 17.5 Å². The van der Waals surface area contributed by atoms with Gasteiger partial charge in [-0.2, -0.15) is 0 Å². The fourth-order valence-electron chi connectivity index (χ4n) is 3.37. The van der Waals surface area contributed by atoms with Gasteiger partial charge in [0.25, 0.3) is 11.6 Å². The van der Waals surface area contributed by atoms with Crippen LogP contribution in [-0.4, -0.2) is 43.0 Å². The van der Waals surface area contributed by atoms with E-state index in [0.29, 0.717) is 11.4 Å². The summed E-state index contributed by atoms with van der Waals surface area (Å²) in [5, 5.41) is 13.6. The molecule has 0 saturated carbocycles. The summed E-state index contributed by atoms with van der Waals surface area (Å²) in [6, 6.07) is 9.33. The van der Waals surface area contributed by atoms with E-state index < -0.39 is 29.3 Å². The van der Waals surface area contributed by atoms with Gasteiger partial charge in [0.1, 0.15) is 5.75 Å². The number of esters is 1. The molecule has 1 aliphatic rings. The highest BCUT2D eigenvalue weighted by molar-refractivity contribution is 6.01. The molecule has 0 radical (unpaired) electrons. The van der Waals surface area contributed by atoms with Crippen molar-refractivity contribution in [1.82, 2.24) is 0 Å². The maximum atomic E-state index is 12.5. The number of non-ortho nitro benzene ring substituents is 1. The number of hydrogen-bond acceptors (Lipinski definition) is 7.